The van der Waals surface area contributed by atoms with Crippen molar-refractivity contribution < 1.29 is 4.79 Å². The van der Waals surface area contributed by atoms with Gasteiger partial charge in [0.1, 0.15) is 5.82 Å². The minimum Gasteiger partial charge on any atom is -0.341 e. The van der Waals surface area contributed by atoms with E-state index >= 15 is 0 Å². The molecule has 0 spiro atoms. The fourth-order valence-electron chi connectivity index (χ4n) is 2.71. The van der Waals surface area contributed by atoms with Gasteiger partial charge in [0, 0.05) is 31.3 Å². The van der Waals surface area contributed by atoms with Crippen LogP contribution in [0, 0.1) is 13.8 Å². The molecule has 0 atom stereocenters. The van der Waals surface area contributed by atoms with E-state index in [4.69, 9.17) is 0 Å². The summed E-state index contributed by atoms with van der Waals surface area (Å²) in [7, 11) is 1.79. The minimum absolute atomic E-state index is 0.0222. The lowest BCUT2D eigenvalue weighted by Gasteiger charge is -2.17. The van der Waals surface area contributed by atoms with E-state index in [2.05, 4.69) is 41.2 Å². The number of aryl methyl sites for hydroxylation is 3. The Hall–Kier alpha value is -2.43. The molecule has 0 saturated heterocycles. The summed E-state index contributed by atoms with van der Waals surface area (Å²) in [5.41, 5.74) is 3.53. The molecule has 0 aliphatic heterocycles. The Morgan fingerprint density at radius 3 is 2.38 bits per heavy atom. The highest BCUT2D eigenvalue weighted by molar-refractivity contribution is 5.76. The van der Waals surface area contributed by atoms with Crippen LogP contribution in [0.1, 0.15) is 41.6 Å². The SMILES string of the molecule is CCc1ccc(CN(C)C(=O)CCc2c(C)nc(C)[nH]c2=O)cc1. The number of amides is 1. The molecule has 2 aromatic rings. The van der Waals surface area contributed by atoms with Crippen molar-refractivity contribution >= 4 is 5.91 Å². The van der Waals surface area contributed by atoms with Crippen LogP contribution in [0.4, 0.5) is 0 Å². The largest absolute Gasteiger partial charge is 0.341 e. The molecule has 1 aromatic heterocycles. The average Bonchev–Trinajstić information content (AvgIpc) is 2.54. The average molecular weight is 327 g/mol. The normalized spacial score (nSPS) is 10.7. The van der Waals surface area contributed by atoms with Crippen LogP contribution in [-0.2, 0) is 24.2 Å². The Labute approximate surface area is 142 Å². The maximum absolute atomic E-state index is 12.3. The molecule has 0 radical (unpaired) electrons. The fourth-order valence-corrected chi connectivity index (χ4v) is 2.71. The maximum atomic E-state index is 12.3. The Morgan fingerprint density at radius 1 is 1.17 bits per heavy atom. The molecule has 128 valence electrons. The molecule has 0 bridgehead atoms. The number of nitrogens with zero attached hydrogens (tertiary/aromatic N) is 2. The highest BCUT2D eigenvalue weighted by Gasteiger charge is 2.13. The molecule has 0 unspecified atom stereocenters. The molecule has 2 rings (SSSR count). The van der Waals surface area contributed by atoms with E-state index in [1.54, 1.807) is 25.8 Å². The summed E-state index contributed by atoms with van der Waals surface area (Å²) in [6.07, 6.45) is 1.72. The van der Waals surface area contributed by atoms with Gasteiger partial charge in [0.15, 0.2) is 0 Å². The molecule has 0 aliphatic carbocycles. The fraction of sp³-hybridized carbons (Fsp3) is 0.421. The molecule has 5 nitrogen and oxygen atoms in total. The van der Waals surface area contributed by atoms with Crippen LogP contribution >= 0.6 is 0 Å². The van der Waals surface area contributed by atoms with Gasteiger partial charge < -0.3 is 9.88 Å². The number of benzene rings is 1. The minimum atomic E-state index is -0.148. The van der Waals surface area contributed by atoms with E-state index in [-0.39, 0.29) is 11.5 Å². The lowest BCUT2D eigenvalue weighted by molar-refractivity contribution is -0.130. The third-order valence-corrected chi connectivity index (χ3v) is 4.21. The number of carbonyl (C=O) groups excluding carboxylic acids is 1. The second kappa shape index (κ2) is 7.90. The molecule has 5 heteroatoms. The van der Waals surface area contributed by atoms with E-state index in [1.165, 1.54) is 5.56 Å². The smallest absolute Gasteiger partial charge is 0.254 e. The molecule has 1 N–H and O–H groups in total. The number of hydrogen-bond acceptors (Lipinski definition) is 3. The zero-order chi connectivity index (χ0) is 17.7. The lowest BCUT2D eigenvalue weighted by Crippen LogP contribution is -2.27. The summed E-state index contributed by atoms with van der Waals surface area (Å²) >= 11 is 0. The number of aromatic nitrogens is 2. The van der Waals surface area contributed by atoms with Crippen LogP contribution in [0.15, 0.2) is 29.1 Å². The number of carbonyl (C=O) groups is 1. The standard InChI is InChI=1S/C19H25N3O2/c1-5-15-6-8-16(9-7-15)12-22(4)18(23)11-10-17-13(2)20-14(3)21-19(17)24/h6-9H,5,10-12H2,1-4H3,(H,20,21,24). The van der Waals surface area contributed by atoms with Gasteiger partial charge in [0.2, 0.25) is 5.91 Å². The van der Waals surface area contributed by atoms with Gasteiger partial charge in [-0.1, -0.05) is 31.2 Å². The first-order valence-corrected chi connectivity index (χ1v) is 8.29. The highest BCUT2D eigenvalue weighted by Crippen LogP contribution is 2.09. The Balaban J connectivity index is 1.95. The van der Waals surface area contributed by atoms with E-state index in [9.17, 15) is 9.59 Å². The summed E-state index contributed by atoms with van der Waals surface area (Å²) in [5, 5.41) is 0. The summed E-state index contributed by atoms with van der Waals surface area (Å²) in [5.74, 6) is 0.620. The van der Waals surface area contributed by atoms with Crippen LogP contribution in [-0.4, -0.2) is 27.8 Å². The van der Waals surface area contributed by atoms with E-state index in [1.807, 2.05) is 0 Å². The first-order chi connectivity index (χ1) is 11.4. The monoisotopic (exact) mass is 327 g/mol. The lowest BCUT2D eigenvalue weighted by atomic mass is 10.1. The number of nitrogens with one attached hydrogen (secondary N) is 1. The summed E-state index contributed by atoms with van der Waals surface area (Å²) in [6.45, 7) is 6.25. The predicted molar refractivity (Wildman–Crippen MR) is 94.9 cm³/mol. The topological polar surface area (TPSA) is 66.1 Å². The third-order valence-electron chi connectivity index (χ3n) is 4.21. The Bertz CT molecular complexity index is 763. The third kappa shape index (κ3) is 4.54. The van der Waals surface area contributed by atoms with Gasteiger partial charge >= 0.3 is 0 Å². The molecule has 0 saturated carbocycles. The van der Waals surface area contributed by atoms with Crippen molar-refractivity contribution in [1.82, 2.24) is 14.9 Å². The van der Waals surface area contributed by atoms with Crippen molar-refractivity contribution in [3.63, 3.8) is 0 Å². The van der Waals surface area contributed by atoms with E-state index in [0.717, 1.165) is 12.0 Å². The van der Waals surface area contributed by atoms with Crippen LogP contribution in [0.25, 0.3) is 0 Å². The van der Waals surface area contributed by atoms with Gasteiger partial charge in [-0.2, -0.15) is 0 Å². The number of H-pyrrole nitrogens is 1. The van der Waals surface area contributed by atoms with E-state index < -0.39 is 0 Å². The molecule has 1 aromatic carbocycles. The van der Waals surface area contributed by atoms with Crippen molar-refractivity contribution in [2.75, 3.05) is 7.05 Å². The molecular formula is C19H25N3O2. The van der Waals surface area contributed by atoms with Crippen molar-refractivity contribution in [3.8, 4) is 0 Å². The van der Waals surface area contributed by atoms with Crippen LogP contribution in [0.5, 0.6) is 0 Å². The first kappa shape index (κ1) is 17.9. The highest BCUT2D eigenvalue weighted by atomic mass is 16.2. The Morgan fingerprint density at radius 2 is 1.79 bits per heavy atom. The van der Waals surface area contributed by atoms with Gasteiger partial charge in [0.25, 0.3) is 5.56 Å². The number of rotatable bonds is 6. The summed E-state index contributed by atoms with van der Waals surface area (Å²) in [6, 6.07) is 8.30. The van der Waals surface area contributed by atoms with Gasteiger partial charge in [-0.15, -0.1) is 0 Å². The Kier molecular flexibility index (Phi) is 5.90. The molecule has 0 aliphatic rings. The van der Waals surface area contributed by atoms with Crippen LogP contribution in [0.2, 0.25) is 0 Å². The van der Waals surface area contributed by atoms with Crippen LogP contribution in [0.3, 0.4) is 0 Å². The van der Waals surface area contributed by atoms with Crippen molar-refractivity contribution in [1.29, 1.82) is 0 Å². The molecule has 0 fully saturated rings. The van der Waals surface area contributed by atoms with Crippen LogP contribution < -0.4 is 5.56 Å². The zero-order valence-corrected chi connectivity index (χ0v) is 14.8. The van der Waals surface area contributed by atoms with Gasteiger partial charge in [-0.3, -0.25) is 9.59 Å². The molecular weight excluding hydrogens is 302 g/mol. The molecule has 1 amide bonds. The second-order valence-corrected chi connectivity index (χ2v) is 6.14. The van der Waals surface area contributed by atoms with Crippen molar-refractivity contribution in [2.45, 2.75) is 46.6 Å². The van der Waals surface area contributed by atoms with Crippen molar-refractivity contribution in [2.24, 2.45) is 0 Å². The predicted octanol–water partition coefficient (Wildman–Crippen LogP) is 2.54. The summed E-state index contributed by atoms with van der Waals surface area (Å²) < 4.78 is 0. The second-order valence-electron chi connectivity index (χ2n) is 6.14. The zero-order valence-electron chi connectivity index (χ0n) is 14.8. The quantitative estimate of drug-likeness (QED) is 0.886. The first-order valence-electron chi connectivity index (χ1n) is 8.29. The van der Waals surface area contributed by atoms with Gasteiger partial charge in [-0.25, -0.2) is 4.98 Å². The number of hydrogen-bond donors (Lipinski definition) is 1. The van der Waals surface area contributed by atoms with Gasteiger partial charge in [-0.05, 0) is 37.8 Å². The van der Waals surface area contributed by atoms with Gasteiger partial charge in [0.05, 0.1) is 0 Å². The van der Waals surface area contributed by atoms with E-state index in [0.29, 0.717) is 36.5 Å². The molecule has 24 heavy (non-hydrogen) atoms. The summed E-state index contributed by atoms with van der Waals surface area (Å²) in [4.78, 5) is 33.0. The number of aromatic amines is 1. The molecule has 1 heterocycles. The van der Waals surface area contributed by atoms with Crippen molar-refractivity contribution in [3.05, 3.63) is 62.8 Å². The maximum Gasteiger partial charge on any atom is 0.254 e.